The SMILES string of the molecule is CC(C)(C)OC(=O)N[C@@H]1Cn2c(=O)ccc3cccc1c32. The number of nitrogens with one attached hydrogen (secondary N) is 1. The predicted octanol–water partition coefficient (Wildman–Crippen LogP) is 2.58. The maximum absolute atomic E-state index is 12.0. The Bertz CT molecular complexity index is 771. The van der Waals surface area contributed by atoms with Crippen LogP contribution in [0.2, 0.25) is 0 Å². The number of para-hydroxylation sites is 1. The number of carbonyl (C=O) groups excluding carboxylic acids is 1. The van der Waals surface area contributed by atoms with E-state index in [0.29, 0.717) is 6.54 Å². The minimum absolute atomic E-state index is 0.0524. The van der Waals surface area contributed by atoms with Crippen molar-refractivity contribution < 1.29 is 9.53 Å². The van der Waals surface area contributed by atoms with E-state index in [9.17, 15) is 9.59 Å². The molecule has 1 N–H and O–H groups in total. The van der Waals surface area contributed by atoms with Gasteiger partial charge in [-0.1, -0.05) is 18.2 Å². The minimum atomic E-state index is -0.543. The van der Waals surface area contributed by atoms with E-state index in [2.05, 4.69) is 5.32 Å². The van der Waals surface area contributed by atoms with E-state index in [1.807, 2.05) is 45.0 Å². The van der Waals surface area contributed by atoms with Crippen LogP contribution in [0.5, 0.6) is 0 Å². The topological polar surface area (TPSA) is 60.3 Å². The van der Waals surface area contributed by atoms with Gasteiger partial charge in [-0.25, -0.2) is 4.79 Å². The number of hydrogen-bond donors (Lipinski definition) is 1. The first-order chi connectivity index (χ1) is 9.85. The standard InChI is InChI=1S/C16H18N2O3/c1-16(2,3)21-15(20)17-12-9-18-13(19)8-7-10-5-4-6-11(12)14(10)18/h4-8,12H,9H2,1-3H3,(H,17,20)/t12-/m1/s1. The summed E-state index contributed by atoms with van der Waals surface area (Å²) in [6.45, 7) is 5.90. The Morgan fingerprint density at radius 3 is 2.76 bits per heavy atom. The van der Waals surface area contributed by atoms with Crippen molar-refractivity contribution >= 4 is 17.0 Å². The van der Waals surface area contributed by atoms with Crippen molar-refractivity contribution in [3.63, 3.8) is 0 Å². The van der Waals surface area contributed by atoms with Crippen molar-refractivity contribution in [2.75, 3.05) is 0 Å². The molecule has 0 saturated carbocycles. The first kappa shape index (κ1) is 13.7. The predicted molar refractivity (Wildman–Crippen MR) is 80.3 cm³/mol. The van der Waals surface area contributed by atoms with Gasteiger partial charge in [-0.3, -0.25) is 4.79 Å². The lowest BCUT2D eigenvalue weighted by molar-refractivity contribution is 0.0501. The van der Waals surface area contributed by atoms with Crippen molar-refractivity contribution in [2.24, 2.45) is 0 Å². The zero-order valence-corrected chi connectivity index (χ0v) is 12.3. The van der Waals surface area contributed by atoms with Crippen LogP contribution in [0.25, 0.3) is 10.9 Å². The monoisotopic (exact) mass is 286 g/mol. The van der Waals surface area contributed by atoms with Gasteiger partial charge in [-0.2, -0.15) is 0 Å². The van der Waals surface area contributed by atoms with Gasteiger partial charge in [0.05, 0.1) is 18.1 Å². The molecule has 1 amide bonds. The molecule has 2 aromatic rings. The van der Waals surface area contributed by atoms with E-state index in [0.717, 1.165) is 16.5 Å². The molecule has 21 heavy (non-hydrogen) atoms. The number of benzene rings is 1. The van der Waals surface area contributed by atoms with Crippen LogP contribution in [0.3, 0.4) is 0 Å². The Labute approximate surface area is 122 Å². The second-order valence-corrected chi connectivity index (χ2v) is 6.27. The van der Waals surface area contributed by atoms with Gasteiger partial charge in [0, 0.05) is 11.6 Å². The highest BCUT2D eigenvalue weighted by molar-refractivity contribution is 5.84. The van der Waals surface area contributed by atoms with E-state index >= 15 is 0 Å². The lowest BCUT2D eigenvalue weighted by Gasteiger charge is -2.22. The molecule has 1 aromatic heterocycles. The minimum Gasteiger partial charge on any atom is -0.444 e. The number of aromatic nitrogens is 1. The zero-order chi connectivity index (χ0) is 15.2. The molecule has 3 rings (SSSR count). The summed E-state index contributed by atoms with van der Waals surface area (Å²) in [4.78, 5) is 23.9. The average molecular weight is 286 g/mol. The van der Waals surface area contributed by atoms with Crippen LogP contribution in [-0.4, -0.2) is 16.3 Å². The molecule has 2 heterocycles. The summed E-state index contributed by atoms with van der Waals surface area (Å²) >= 11 is 0. The number of alkyl carbamates (subject to hydrolysis) is 1. The second-order valence-electron chi connectivity index (χ2n) is 6.27. The van der Waals surface area contributed by atoms with Crippen LogP contribution < -0.4 is 10.9 Å². The summed E-state index contributed by atoms with van der Waals surface area (Å²) in [6, 6.07) is 8.97. The van der Waals surface area contributed by atoms with E-state index in [1.54, 1.807) is 10.6 Å². The van der Waals surface area contributed by atoms with Gasteiger partial charge in [0.1, 0.15) is 5.60 Å². The third-order valence-corrected chi connectivity index (χ3v) is 3.47. The van der Waals surface area contributed by atoms with Crippen LogP contribution in [0, 0.1) is 0 Å². The largest absolute Gasteiger partial charge is 0.444 e. The maximum Gasteiger partial charge on any atom is 0.408 e. The van der Waals surface area contributed by atoms with E-state index in [-0.39, 0.29) is 11.6 Å². The van der Waals surface area contributed by atoms with Gasteiger partial charge >= 0.3 is 6.09 Å². The Morgan fingerprint density at radius 2 is 2.05 bits per heavy atom. The fraction of sp³-hybridized carbons (Fsp3) is 0.375. The molecule has 0 spiro atoms. The van der Waals surface area contributed by atoms with Crippen LogP contribution in [0.15, 0.2) is 35.1 Å². The molecule has 0 fully saturated rings. The van der Waals surface area contributed by atoms with Crippen LogP contribution in [0.4, 0.5) is 4.79 Å². The number of ether oxygens (including phenoxy) is 1. The molecule has 1 aliphatic rings. The molecule has 1 atom stereocenters. The maximum atomic E-state index is 12.0. The summed E-state index contributed by atoms with van der Waals surface area (Å²) in [7, 11) is 0. The Hall–Kier alpha value is -2.30. The molecule has 0 saturated heterocycles. The van der Waals surface area contributed by atoms with Gasteiger partial charge in [0.25, 0.3) is 5.56 Å². The molecular weight excluding hydrogens is 268 g/mol. The number of amides is 1. The molecule has 0 radical (unpaired) electrons. The normalized spacial score (nSPS) is 17.0. The van der Waals surface area contributed by atoms with Crippen molar-refractivity contribution in [3.8, 4) is 0 Å². The van der Waals surface area contributed by atoms with E-state index in [4.69, 9.17) is 4.74 Å². The summed E-state index contributed by atoms with van der Waals surface area (Å²) in [6.07, 6.45) is -0.467. The van der Waals surface area contributed by atoms with Gasteiger partial charge in [-0.15, -0.1) is 0 Å². The molecule has 1 aliphatic heterocycles. The molecule has 5 nitrogen and oxygen atoms in total. The second kappa shape index (κ2) is 4.62. The molecule has 0 aliphatic carbocycles. The van der Waals surface area contributed by atoms with Crippen molar-refractivity contribution in [2.45, 2.75) is 39.0 Å². The summed E-state index contributed by atoms with van der Waals surface area (Å²) in [5.41, 5.74) is 1.25. The Balaban J connectivity index is 1.93. The summed E-state index contributed by atoms with van der Waals surface area (Å²) in [5, 5.41) is 3.85. The molecule has 1 aromatic carbocycles. The van der Waals surface area contributed by atoms with Gasteiger partial charge in [0.15, 0.2) is 0 Å². The smallest absolute Gasteiger partial charge is 0.408 e. The van der Waals surface area contributed by atoms with Crippen LogP contribution in [-0.2, 0) is 11.3 Å². The zero-order valence-electron chi connectivity index (χ0n) is 12.3. The number of carbonyl (C=O) groups is 1. The molecule has 110 valence electrons. The van der Waals surface area contributed by atoms with Crippen molar-refractivity contribution in [1.82, 2.24) is 9.88 Å². The fourth-order valence-corrected chi connectivity index (χ4v) is 2.70. The van der Waals surface area contributed by atoms with E-state index in [1.165, 1.54) is 0 Å². The van der Waals surface area contributed by atoms with Gasteiger partial charge in [0.2, 0.25) is 0 Å². The van der Waals surface area contributed by atoms with E-state index < -0.39 is 11.7 Å². The summed E-state index contributed by atoms with van der Waals surface area (Å²) in [5.74, 6) is 0. The lowest BCUT2D eigenvalue weighted by atomic mass is 10.1. The average Bonchev–Trinajstić information content (AvgIpc) is 2.73. The molecule has 0 unspecified atom stereocenters. The number of hydrogen-bond acceptors (Lipinski definition) is 3. The van der Waals surface area contributed by atoms with Crippen LogP contribution >= 0.6 is 0 Å². The molecular formula is C16H18N2O3. The first-order valence-corrected chi connectivity index (χ1v) is 6.97. The van der Waals surface area contributed by atoms with Crippen molar-refractivity contribution in [1.29, 1.82) is 0 Å². The Kier molecular flexibility index (Phi) is 3.01. The Morgan fingerprint density at radius 1 is 1.29 bits per heavy atom. The highest BCUT2D eigenvalue weighted by Gasteiger charge is 2.28. The highest BCUT2D eigenvalue weighted by atomic mass is 16.6. The quantitative estimate of drug-likeness (QED) is 0.876. The number of nitrogens with zero attached hydrogens (tertiary/aromatic N) is 1. The third-order valence-electron chi connectivity index (χ3n) is 3.47. The first-order valence-electron chi connectivity index (χ1n) is 6.97. The lowest BCUT2D eigenvalue weighted by Crippen LogP contribution is -2.35. The van der Waals surface area contributed by atoms with Crippen LogP contribution in [0.1, 0.15) is 32.4 Å². The number of rotatable bonds is 1. The highest BCUT2D eigenvalue weighted by Crippen LogP contribution is 2.30. The molecule has 0 bridgehead atoms. The molecule has 5 heteroatoms. The van der Waals surface area contributed by atoms with Gasteiger partial charge < -0.3 is 14.6 Å². The third kappa shape index (κ3) is 2.51. The van der Waals surface area contributed by atoms with Crippen molar-refractivity contribution in [3.05, 3.63) is 46.2 Å². The van der Waals surface area contributed by atoms with Gasteiger partial charge in [-0.05, 0) is 32.2 Å². The summed E-state index contributed by atoms with van der Waals surface area (Å²) < 4.78 is 6.99. The fourth-order valence-electron chi connectivity index (χ4n) is 2.70. The number of pyridine rings is 1.